The van der Waals surface area contributed by atoms with Gasteiger partial charge in [0.05, 0.1) is 30.8 Å². The van der Waals surface area contributed by atoms with Crippen molar-refractivity contribution in [2.75, 3.05) is 39.7 Å². The number of anilines is 2. The van der Waals surface area contributed by atoms with E-state index < -0.39 is 5.82 Å². The van der Waals surface area contributed by atoms with Gasteiger partial charge in [-0.2, -0.15) is 0 Å². The van der Waals surface area contributed by atoms with Crippen LogP contribution in [0.4, 0.5) is 15.9 Å². The van der Waals surface area contributed by atoms with E-state index in [4.69, 9.17) is 15.2 Å². The first kappa shape index (κ1) is 25.0. The van der Waals surface area contributed by atoms with Crippen LogP contribution in [0, 0.1) is 18.7 Å². The van der Waals surface area contributed by atoms with E-state index in [1.54, 1.807) is 19.1 Å². The molecule has 0 bridgehead atoms. The van der Waals surface area contributed by atoms with Crippen LogP contribution in [-0.4, -0.2) is 60.2 Å². The highest BCUT2D eigenvalue weighted by Crippen LogP contribution is 2.36. The maximum absolute atomic E-state index is 14.4. The van der Waals surface area contributed by atoms with Crippen LogP contribution in [0.5, 0.6) is 17.2 Å². The Labute approximate surface area is 197 Å². The van der Waals surface area contributed by atoms with E-state index in [1.165, 1.54) is 25.6 Å². The highest BCUT2D eigenvalue weighted by molar-refractivity contribution is 5.93. The van der Waals surface area contributed by atoms with Gasteiger partial charge in [0, 0.05) is 23.6 Å². The molecule has 182 valence electrons. The first-order valence-corrected chi connectivity index (χ1v) is 10.9. The highest BCUT2D eigenvalue weighted by atomic mass is 19.1. The SMILES string of the molecule is COc1cc2c(Nc3c(F)ccc(O)c3C)ncnc2cc1OCCCC(CN(C)C)C(N)=O. The summed E-state index contributed by atoms with van der Waals surface area (Å²) in [5.74, 6) is 0.181. The highest BCUT2D eigenvalue weighted by Gasteiger charge is 2.17. The monoisotopic (exact) mass is 471 g/mol. The molecule has 1 amide bonds. The van der Waals surface area contributed by atoms with Gasteiger partial charge >= 0.3 is 0 Å². The number of nitrogens with one attached hydrogen (secondary N) is 1. The topological polar surface area (TPSA) is 123 Å². The third-order valence-electron chi connectivity index (χ3n) is 5.49. The third-order valence-corrected chi connectivity index (χ3v) is 5.49. The molecule has 0 fully saturated rings. The van der Waals surface area contributed by atoms with Crippen molar-refractivity contribution in [3.05, 3.63) is 42.0 Å². The Morgan fingerprint density at radius 1 is 1.26 bits per heavy atom. The van der Waals surface area contributed by atoms with Gasteiger partial charge in [-0.25, -0.2) is 14.4 Å². The number of phenols is 1. The number of primary amides is 1. The summed E-state index contributed by atoms with van der Waals surface area (Å²) in [7, 11) is 5.31. The summed E-state index contributed by atoms with van der Waals surface area (Å²) in [5, 5.41) is 13.5. The number of phenolic OH excluding ortho intramolecular Hbond substituents is 1. The van der Waals surface area contributed by atoms with Gasteiger partial charge < -0.3 is 30.5 Å². The summed E-state index contributed by atoms with van der Waals surface area (Å²) in [6.07, 6.45) is 2.60. The molecule has 10 heteroatoms. The Kier molecular flexibility index (Phi) is 8.06. The Morgan fingerprint density at radius 2 is 2.03 bits per heavy atom. The van der Waals surface area contributed by atoms with Gasteiger partial charge in [0.2, 0.25) is 5.91 Å². The summed E-state index contributed by atoms with van der Waals surface area (Å²) in [4.78, 5) is 22.1. The predicted octanol–water partition coefficient (Wildman–Crippen LogP) is 3.36. The largest absolute Gasteiger partial charge is 0.508 e. The summed E-state index contributed by atoms with van der Waals surface area (Å²) >= 11 is 0. The number of ether oxygens (including phenoxy) is 2. The van der Waals surface area contributed by atoms with Gasteiger partial charge in [-0.1, -0.05) is 0 Å². The first-order chi connectivity index (χ1) is 16.2. The zero-order valence-corrected chi connectivity index (χ0v) is 19.8. The van der Waals surface area contributed by atoms with Gasteiger partial charge in [0.1, 0.15) is 23.7 Å². The molecule has 4 N–H and O–H groups in total. The van der Waals surface area contributed by atoms with Crippen LogP contribution in [0.25, 0.3) is 10.9 Å². The van der Waals surface area contributed by atoms with Gasteiger partial charge in [0.15, 0.2) is 11.5 Å². The summed E-state index contributed by atoms with van der Waals surface area (Å²) in [6, 6.07) is 5.91. The minimum Gasteiger partial charge on any atom is -0.508 e. The van der Waals surface area contributed by atoms with Crippen molar-refractivity contribution in [2.24, 2.45) is 11.7 Å². The smallest absolute Gasteiger partial charge is 0.221 e. The van der Waals surface area contributed by atoms with E-state index in [2.05, 4.69) is 15.3 Å². The lowest BCUT2D eigenvalue weighted by Gasteiger charge is -2.18. The molecule has 34 heavy (non-hydrogen) atoms. The number of hydrogen-bond donors (Lipinski definition) is 3. The number of aromatic nitrogens is 2. The minimum absolute atomic E-state index is 0.0281. The second-order valence-corrected chi connectivity index (χ2v) is 8.29. The molecular weight excluding hydrogens is 441 g/mol. The zero-order valence-electron chi connectivity index (χ0n) is 19.8. The van der Waals surface area contributed by atoms with E-state index in [0.29, 0.717) is 59.8 Å². The van der Waals surface area contributed by atoms with Crippen LogP contribution in [0.15, 0.2) is 30.6 Å². The van der Waals surface area contributed by atoms with Gasteiger partial charge in [0.25, 0.3) is 0 Å². The molecule has 0 saturated carbocycles. The number of carbonyl (C=O) groups is 1. The Hall–Kier alpha value is -3.66. The predicted molar refractivity (Wildman–Crippen MR) is 128 cm³/mol. The number of halogens is 1. The van der Waals surface area contributed by atoms with Crippen LogP contribution < -0.4 is 20.5 Å². The second kappa shape index (κ2) is 11.0. The fourth-order valence-electron chi connectivity index (χ4n) is 3.65. The van der Waals surface area contributed by atoms with Crippen molar-refractivity contribution in [3.8, 4) is 17.2 Å². The fourth-order valence-corrected chi connectivity index (χ4v) is 3.65. The van der Waals surface area contributed by atoms with Crippen molar-refractivity contribution in [1.29, 1.82) is 0 Å². The number of aromatic hydroxyl groups is 1. The standard InChI is InChI=1S/C24H30FN5O4/c1-14-19(31)8-7-17(25)22(14)29-24-16-10-20(33-4)21(11-18(16)27-13-28-24)34-9-5-6-15(23(26)32)12-30(2)3/h7-8,10-11,13,15,31H,5-6,9,12H2,1-4H3,(H2,26,32)(H,27,28,29). The molecule has 0 spiro atoms. The van der Waals surface area contributed by atoms with E-state index in [0.717, 1.165) is 0 Å². The van der Waals surface area contributed by atoms with Gasteiger partial charge in [-0.3, -0.25) is 4.79 Å². The number of rotatable bonds is 11. The third kappa shape index (κ3) is 5.82. The number of benzene rings is 2. The molecule has 0 saturated heterocycles. The molecule has 1 unspecified atom stereocenters. The maximum atomic E-state index is 14.4. The summed E-state index contributed by atoms with van der Waals surface area (Å²) < 4.78 is 25.8. The number of hydrogen-bond acceptors (Lipinski definition) is 8. The molecule has 1 aromatic heterocycles. The Bertz CT molecular complexity index is 1170. The summed E-state index contributed by atoms with van der Waals surface area (Å²) in [5.41, 5.74) is 6.55. The van der Waals surface area contributed by atoms with Crippen molar-refractivity contribution >= 4 is 28.3 Å². The molecule has 9 nitrogen and oxygen atoms in total. The van der Waals surface area contributed by atoms with Gasteiger partial charge in [-0.15, -0.1) is 0 Å². The molecule has 3 rings (SSSR count). The lowest BCUT2D eigenvalue weighted by atomic mass is 10.0. The normalized spacial score (nSPS) is 12.1. The van der Waals surface area contributed by atoms with Crippen molar-refractivity contribution < 1.29 is 23.8 Å². The zero-order chi connectivity index (χ0) is 24.8. The Balaban J connectivity index is 1.80. The van der Waals surface area contributed by atoms with E-state index >= 15 is 0 Å². The number of methoxy groups -OCH3 is 1. The molecule has 3 aromatic rings. The molecule has 1 atom stereocenters. The van der Waals surface area contributed by atoms with Crippen molar-refractivity contribution in [3.63, 3.8) is 0 Å². The number of nitrogens with two attached hydrogens (primary N) is 1. The average molecular weight is 472 g/mol. The number of fused-ring (bicyclic) bond motifs is 1. The van der Waals surface area contributed by atoms with Gasteiger partial charge in [-0.05, 0) is 52.1 Å². The lowest BCUT2D eigenvalue weighted by molar-refractivity contribution is -0.122. The van der Waals surface area contributed by atoms with Crippen LogP contribution >= 0.6 is 0 Å². The first-order valence-electron chi connectivity index (χ1n) is 10.9. The van der Waals surface area contributed by atoms with Crippen molar-refractivity contribution in [2.45, 2.75) is 19.8 Å². The van der Waals surface area contributed by atoms with Crippen LogP contribution in [0.2, 0.25) is 0 Å². The van der Waals surface area contributed by atoms with E-state index in [1.807, 2.05) is 19.0 Å². The fraction of sp³-hybridized carbons (Fsp3) is 0.375. The minimum atomic E-state index is -0.516. The van der Waals surface area contributed by atoms with E-state index in [9.17, 15) is 14.3 Å². The molecule has 0 aliphatic carbocycles. The number of amides is 1. The maximum Gasteiger partial charge on any atom is 0.221 e. The quantitative estimate of drug-likeness (QED) is 0.364. The van der Waals surface area contributed by atoms with Crippen molar-refractivity contribution in [1.82, 2.24) is 14.9 Å². The number of nitrogens with zero attached hydrogens (tertiary/aromatic N) is 3. The second-order valence-electron chi connectivity index (χ2n) is 8.29. The Morgan fingerprint density at radius 3 is 2.71 bits per heavy atom. The molecule has 2 aromatic carbocycles. The van der Waals surface area contributed by atoms with Crippen LogP contribution in [-0.2, 0) is 4.79 Å². The molecule has 0 aliphatic heterocycles. The van der Waals surface area contributed by atoms with Crippen LogP contribution in [0.1, 0.15) is 18.4 Å². The molecule has 0 radical (unpaired) electrons. The molecular formula is C24H30FN5O4. The molecule has 0 aliphatic rings. The average Bonchev–Trinajstić information content (AvgIpc) is 2.80. The lowest BCUT2D eigenvalue weighted by Crippen LogP contribution is -2.32. The summed E-state index contributed by atoms with van der Waals surface area (Å²) in [6.45, 7) is 2.56. The molecule has 1 heterocycles. The van der Waals surface area contributed by atoms with Crippen LogP contribution in [0.3, 0.4) is 0 Å². The van der Waals surface area contributed by atoms with E-state index in [-0.39, 0.29) is 23.3 Å². The number of carbonyl (C=O) groups excluding carboxylic acids is 1.